The van der Waals surface area contributed by atoms with E-state index >= 15 is 0 Å². The molecule has 0 aromatic heterocycles. The number of anilines is 1. The van der Waals surface area contributed by atoms with Crippen LogP contribution in [-0.2, 0) is 0 Å². The van der Waals surface area contributed by atoms with Gasteiger partial charge in [0, 0.05) is 5.69 Å². The van der Waals surface area contributed by atoms with Crippen molar-refractivity contribution in [2.45, 2.75) is 117 Å². The molecule has 0 aliphatic carbocycles. The standard InChI is InChI=1S/C25H45NO/c1-3-4-5-6-7-8-9-10-11-12-13-14-15-16-17-18-21-27-24-19-20-25(26)23(2)22-24/h19-20,22H,3-18,21,26H2,1-2H3. The van der Waals surface area contributed by atoms with Crippen molar-refractivity contribution in [3.05, 3.63) is 23.8 Å². The van der Waals surface area contributed by atoms with E-state index in [4.69, 9.17) is 10.5 Å². The van der Waals surface area contributed by atoms with Crippen LogP contribution in [0.4, 0.5) is 5.69 Å². The minimum Gasteiger partial charge on any atom is -0.494 e. The molecule has 1 rings (SSSR count). The summed E-state index contributed by atoms with van der Waals surface area (Å²) in [5.41, 5.74) is 7.76. The monoisotopic (exact) mass is 375 g/mol. The van der Waals surface area contributed by atoms with Crippen molar-refractivity contribution in [3.8, 4) is 5.75 Å². The molecular formula is C25H45NO. The number of hydrogen-bond acceptors (Lipinski definition) is 2. The lowest BCUT2D eigenvalue weighted by molar-refractivity contribution is 0.304. The van der Waals surface area contributed by atoms with Gasteiger partial charge in [-0.15, -0.1) is 0 Å². The van der Waals surface area contributed by atoms with E-state index in [1.807, 2.05) is 25.1 Å². The highest BCUT2D eigenvalue weighted by Crippen LogP contribution is 2.19. The Hall–Kier alpha value is -1.18. The number of hydrogen-bond donors (Lipinski definition) is 1. The van der Waals surface area contributed by atoms with E-state index in [2.05, 4.69) is 6.92 Å². The summed E-state index contributed by atoms with van der Waals surface area (Å²) in [6, 6.07) is 5.93. The van der Waals surface area contributed by atoms with Crippen molar-refractivity contribution >= 4 is 5.69 Å². The molecular weight excluding hydrogens is 330 g/mol. The molecule has 0 bridgehead atoms. The van der Waals surface area contributed by atoms with Crippen LogP contribution >= 0.6 is 0 Å². The van der Waals surface area contributed by atoms with Crippen LogP contribution in [0.1, 0.15) is 115 Å². The Bertz CT molecular complexity index is 458. The number of rotatable bonds is 18. The second-order valence-electron chi connectivity index (χ2n) is 8.17. The van der Waals surface area contributed by atoms with E-state index < -0.39 is 0 Å². The molecule has 27 heavy (non-hydrogen) atoms. The van der Waals surface area contributed by atoms with Crippen molar-refractivity contribution in [1.82, 2.24) is 0 Å². The smallest absolute Gasteiger partial charge is 0.119 e. The van der Waals surface area contributed by atoms with E-state index in [1.54, 1.807) is 0 Å². The minimum absolute atomic E-state index is 0.821. The van der Waals surface area contributed by atoms with E-state index in [9.17, 15) is 0 Å². The first-order chi connectivity index (χ1) is 13.2. The van der Waals surface area contributed by atoms with Crippen molar-refractivity contribution in [1.29, 1.82) is 0 Å². The fraction of sp³-hybridized carbons (Fsp3) is 0.760. The first-order valence-electron chi connectivity index (χ1n) is 11.7. The van der Waals surface area contributed by atoms with Gasteiger partial charge < -0.3 is 10.5 Å². The lowest BCUT2D eigenvalue weighted by atomic mass is 10.0. The molecule has 156 valence electrons. The predicted molar refractivity (Wildman–Crippen MR) is 121 cm³/mol. The molecule has 0 amide bonds. The summed E-state index contributed by atoms with van der Waals surface area (Å²) >= 11 is 0. The van der Waals surface area contributed by atoms with E-state index in [0.29, 0.717) is 0 Å². The average Bonchev–Trinajstić information content (AvgIpc) is 2.67. The van der Waals surface area contributed by atoms with E-state index in [1.165, 1.54) is 96.3 Å². The van der Waals surface area contributed by atoms with Crippen molar-refractivity contribution in [2.24, 2.45) is 0 Å². The third kappa shape index (κ3) is 13.6. The fourth-order valence-electron chi connectivity index (χ4n) is 3.58. The first kappa shape index (κ1) is 23.9. The summed E-state index contributed by atoms with van der Waals surface area (Å²) in [5.74, 6) is 0.947. The molecule has 0 heterocycles. The molecule has 2 N–H and O–H groups in total. The first-order valence-corrected chi connectivity index (χ1v) is 11.7. The van der Waals surface area contributed by atoms with Crippen molar-refractivity contribution in [3.63, 3.8) is 0 Å². The van der Waals surface area contributed by atoms with Crippen LogP contribution in [0.3, 0.4) is 0 Å². The Kier molecular flexibility index (Phi) is 15.0. The highest BCUT2D eigenvalue weighted by molar-refractivity contribution is 5.49. The topological polar surface area (TPSA) is 35.2 Å². The second kappa shape index (κ2) is 17.0. The summed E-state index contributed by atoms with van der Waals surface area (Å²) in [5, 5.41) is 0. The van der Waals surface area contributed by atoms with Crippen LogP contribution in [0.5, 0.6) is 5.75 Å². The van der Waals surface area contributed by atoms with E-state index in [-0.39, 0.29) is 0 Å². The number of ether oxygens (including phenoxy) is 1. The van der Waals surface area contributed by atoms with Crippen LogP contribution < -0.4 is 10.5 Å². The molecule has 0 saturated heterocycles. The summed E-state index contributed by atoms with van der Waals surface area (Å²) in [6.45, 7) is 5.14. The third-order valence-electron chi connectivity index (χ3n) is 5.51. The zero-order valence-electron chi connectivity index (χ0n) is 18.2. The molecule has 0 saturated carbocycles. The number of benzene rings is 1. The van der Waals surface area contributed by atoms with Gasteiger partial charge in [-0.2, -0.15) is 0 Å². The third-order valence-corrected chi connectivity index (χ3v) is 5.51. The molecule has 0 fully saturated rings. The average molecular weight is 376 g/mol. The number of nitrogens with two attached hydrogens (primary N) is 1. The van der Waals surface area contributed by atoms with Gasteiger partial charge in [-0.05, 0) is 37.1 Å². The number of unbranched alkanes of at least 4 members (excludes halogenated alkanes) is 15. The van der Waals surface area contributed by atoms with Gasteiger partial charge >= 0.3 is 0 Å². The highest BCUT2D eigenvalue weighted by Gasteiger charge is 1.98. The molecule has 0 unspecified atom stereocenters. The normalized spacial score (nSPS) is 11.0. The number of aryl methyl sites for hydroxylation is 1. The van der Waals surface area contributed by atoms with Crippen LogP contribution in [-0.4, -0.2) is 6.61 Å². The Morgan fingerprint density at radius 2 is 1.11 bits per heavy atom. The molecule has 1 aromatic rings. The SMILES string of the molecule is CCCCCCCCCCCCCCCCCCOc1ccc(N)c(C)c1. The van der Waals surface area contributed by atoms with Gasteiger partial charge in [0.2, 0.25) is 0 Å². The van der Waals surface area contributed by atoms with Gasteiger partial charge in [0.05, 0.1) is 6.61 Å². The van der Waals surface area contributed by atoms with Crippen LogP contribution in [0, 0.1) is 6.92 Å². The molecule has 0 atom stereocenters. The summed E-state index contributed by atoms with van der Waals surface area (Å²) in [7, 11) is 0. The van der Waals surface area contributed by atoms with Gasteiger partial charge in [0.15, 0.2) is 0 Å². The van der Waals surface area contributed by atoms with Gasteiger partial charge in [-0.25, -0.2) is 0 Å². The van der Waals surface area contributed by atoms with Gasteiger partial charge in [-0.1, -0.05) is 103 Å². The second-order valence-corrected chi connectivity index (χ2v) is 8.17. The van der Waals surface area contributed by atoms with Gasteiger partial charge in [0.25, 0.3) is 0 Å². The molecule has 2 heteroatoms. The summed E-state index contributed by atoms with van der Waals surface area (Å²) < 4.78 is 5.81. The fourth-order valence-corrected chi connectivity index (χ4v) is 3.58. The van der Waals surface area contributed by atoms with E-state index in [0.717, 1.165) is 30.0 Å². The molecule has 1 aromatic carbocycles. The van der Waals surface area contributed by atoms with Crippen molar-refractivity contribution < 1.29 is 4.74 Å². The zero-order valence-corrected chi connectivity index (χ0v) is 18.2. The Morgan fingerprint density at radius 3 is 1.56 bits per heavy atom. The Morgan fingerprint density at radius 1 is 0.667 bits per heavy atom. The molecule has 0 radical (unpaired) electrons. The molecule has 2 nitrogen and oxygen atoms in total. The van der Waals surface area contributed by atoms with Crippen molar-refractivity contribution in [2.75, 3.05) is 12.3 Å². The summed E-state index contributed by atoms with van der Waals surface area (Å²) in [6.07, 6.45) is 22.4. The Labute approximate surface area is 169 Å². The zero-order chi connectivity index (χ0) is 19.6. The maximum Gasteiger partial charge on any atom is 0.119 e. The van der Waals surface area contributed by atoms with Crippen LogP contribution in [0.15, 0.2) is 18.2 Å². The maximum absolute atomic E-state index is 5.83. The molecule has 0 spiro atoms. The summed E-state index contributed by atoms with van der Waals surface area (Å²) in [4.78, 5) is 0. The number of nitrogen functional groups attached to an aromatic ring is 1. The largest absolute Gasteiger partial charge is 0.494 e. The lowest BCUT2D eigenvalue weighted by Crippen LogP contribution is -1.98. The van der Waals surface area contributed by atoms with Crippen LogP contribution in [0.2, 0.25) is 0 Å². The molecule has 0 aliphatic heterocycles. The molecule has 0 aliphatic rings. The Balaban J connectivity index is 1.77. The predicted octanol–water partition coefficient (Wildman–Crippen LogP) is 8.22. The quantitative estimate of drug-likeness (QED) is 0.207. The maximum atomic E-state index is 5.83. The van der Waals surface area contributed by atoms with Crippen LogP contribution in [0.25, 0.3) is 0 Å². The lowest BCUT2D eigenvalue weighted by Gasteiger charge is -2.08. The van der Waals surface area contributed by atoms with Gasteiger partial charge in [0.1, 0.15) is 5.75 Å². The minimum atomic E-state index is 0.821. The highest BCUT2D eigenvalue weighted by atomic mass is 16.5. The van der Waals surface area contributed by atoms with Gasteiger partial charge in [-0.3, -0.25) is 0 Å².